The van der Waals surface area contributed by atoms with Crippen molar-refractivity contribution in [3.63, 3.8) is 0 Å². The van der Waals surface area contributed by atoms with Crippen LogP contribution < -0.4 is 5.73 Å². The van der Waals surface area contributed by atoms with Crippen LogP contribution in [0.1, 0.15) is 11.3 Å². The molecular formula is C12H13ClN2S. The van der Waals surface area contributed by atoms with Crippen molar-refractivity contribution in [3.05, 3.63) is 51.4 Å². The Kier molecular flexibility index (Phi) is 3.93. The minimum Gasteiger partial charge on any atom is -0.327 e. The zero-order chi connectivity index (χ0) is 11.4. The topological polar surface area (TPSA) is 38.9 Å². The summed E-state index contributed by atoms with van der Waals surface area (Å²) >= 11 is 7.68. The number of thiazole rings is 1. The number of benzene rings is 1. The molecule has 16 heavy (non-hydrogen) atoms. The third kappa shape index (κ3) is 3.04. The number of nitrogens with two attached hydrogens (primary N) is 1. The van der Waals surface area contributed by atoms with E-state index in [0.29, 0.717) is 0 Å². The minimum atomic E-state index is 0.0713. The van der Waals surface area contributed by atoms with E-state index in [-0.39, 0.29) is 6.04 Å². The molecule has 0 fully saturated rings. The van der Waals surface area contributed by atoms with Gasteiger partial charge < -0.3 is 5.73 Å². The lowest BCUT2D eigenvalue weighted by Crippen LogP contribution is -2.25. The summed E-state index contributed by atoms with van der Waals surface area (Å²) in [7, 11) is 0. The van der Waals surface area contributed by atoms with Gasteiger partial charge in [0.1, 0.15) is 0 Å². The second-order valence-corrected chi connectivity index (χ2v) is 4.87. The van der Waals surface area contributed by atoms with Crippen LogP contribution in [0.25, 0.3) is 0 Å². The zero-order valence-electron chi connectivity index (χ0n) is 8.77. The molecule has 2 N–H and O–H groups in total. The van der Waals surface area contributed by atoms with Crippen LogP contribution in [0.2, 0.25) is 5.02 Å². The Labute approximate surface area is 104 Å². The van der Waals surface area contributed by atoms with Crippen LogP contribution in [0.15, 0.2) is 35.2 Å². The van der Waals surface area contributed by atoms with E-state index in [2.05, 4.69) is 4.98 Å². The molecule has 0 aliphatic heterocycles. The molecule has 1 aromatic heterocycles. The highest BCUT2D eigenvalue weighted by Crippen LogP contribution is 2.17. The molecule has 1 heterocycles. The van der Waals surface area contributed by atoms with Gasteiger partial charge in [-0.3, -0.25) is 0 Å². The van der Waals surface area contributed by atoms with Crippen molar-refractivity contribution in [2.24, 2.45) is 5.73 Å². The molecule has 0 aliphatic rings. The lowest BCUT2D eigenvalue weighted by molar-refractivity contribution is 0.656. The average Bonchev–Trinajstić information content (AvgIpc) is 2.74. The van der Waals surface area contributed by atoms with Crippen LogP contribution in [0.4, 0.5) is 0 Å². The maximum atomic E-state index is 6.08. The molecule has 1 aromatic carbocycles. The Hall–Kier alpha value is -0.900. The van der Waals surface area contributed by atoms with Gasteiger partial charge in [-0.25, -0.2) is 4.98 Å². The first-order chi connectivity index (χ1) is 7.75. The van der Waals surface area contributed by atoms with Crippen LogP contribution >= 0.6 is 22.9 Å². The molecule has 2 aromatic rings. The summed E-state index contributed by atoms with van der Waals surface area (Å²) in [4.78, 5) is 4.23. The second-order valence-electron chi connectivity index (χ2n) is 3.74. The second kappa shape index (κ2) is 5.43. The molecule has 0 saturated carbocycles. The van der Waals surface area contributed by atoms with Crippen molar-refractivity contribution in [1.82, 2.24) is 4.98 Å². The molecular weight excluding hydrogens is 240 g/mol. The molecule has 0 saturated heterocycles. The average molecular weight is 253 g/mol. The standard InChI is InChI=1S/C12H13ClN2S/c13-12-4-2-1-3-9(12)5-10(14)6-11-7-16-8-15-11/h1-4,7-8,10H,5-6,14H2. The highest BCUT2D eigenvalue weighted by molar-refractivity contribution is 7.07. The van der Waals surface area contributed by atoms with Gasteiger partial charge in [0, 0.05) is 22.9 Å². The van der Waals surface area contributed by atoms with Gasteiger partial charge in [0.15, 0.2) is 0 Å². The normalized spacial score (nSPS) is 12.6. The van der Waals surface area contributed by atoms with Crippen molar-refractivity contribution in [1.29, 1.82) is 0 Å². The maximum Gasteiger partial charge on any atom is 0.0794 e. The Morgan fingerprint density at radius 3 is 2.81 bits per heavy atom. The molecule has 0 bridgehead atoms. The van der Waals surface area contributed by atoms with E-state index in [9.17, 15) is 0 Å². The van der Waals surface area contributed by atoms with Gasteiger partial charge in [0.05, 0.1) is 11.2 Å². The Morgan fingerprint density at radius 1 is 1.31 bits per heavy atom. The van der Waals surface area contributed by atoms with Crippen LogP contribution in [-0.4, -0.2) is 11.0 Å². The fourth-order valence-electron chi connectivity index (χ4n) is 1.63. The lowest BCUT2D eigenvalue weighted by Gasteiger charge is -2.11. The maximum absolute atomic E-state index is 6.08. The summed E-state index contributed by atoms with van der Waals surface area (Å²) in [5, 5.41) is 2.82. The molecule has 0 radical (unpaired) electrons. The summed E-state index contributed by atoms with van der Waals surface area (Å²) < 4.78 is 0. The molecule has 2 rings (SSSR count). The Balaban J connectivity index is 1.97. The minimum absolute atomic E-state index is 0.0713. The van der Waals surface area contributed by atoms with Gasteiger partial charge in [-0.1, -0.05) is 29.8 Å². The summed E-state index contributed by atoms with van der Waals surface area (Å²) in [6, 6.07) is 7.89. The van der Waals surface area contributed by atoms with E-state index >= 15 is 0 Å². The summed E-state index contributed by atoms with van der Waals surface area (Å²) in [6.07, 6.45) is 1.59. The number of nitrogens with zero attached hydrogens (tertiary/aromatic N) is 1. The van der Waals surface area contributed by atoms with Crippen molar-refractivity contribution in [3.8, 4) is 0 Å². The first kappa shape index (κ1) is 11.6. The predicted octanol–water partition coefficient (Wildman–Crippen LogP) is 2.91. The summed E-state index contributed by atoms with van der Waals surface area (Å²) in [5.74, 6) is 0. The first-order valence-corrected chi connectivity index (χ1v) is 6.44. The van der Waals surface area contributed by atoms with Gasteiger partial charge >= 0.3 is 0 Å². The molecule has 1 atom stereocenters. The van der Waals surface area contributed by atoms with Crippen LogP contribution in [0.3, 0.4) is 0 Å². The van der Waals surface area contributed by atoms with E-state index in [1.165, 1.54) is 0 Å². The number of hydrogen-bond donors (Lipinski definition) is 1. The van der Waals surface area contributed by atoms with E-state index in [0.717, 1.165) is 29.1 Å². The first-order valence-electron chi connectivity index (χ1n) is 5.12. The Morgan fingerprint density at radius 2 is 2.12 bits per heavy atom. The highest BCUT2D eigenvalue weighted by Gasteiger charge is 2.08. The van der Waals surface area contributed by atoms with E-state index in [1.54, 1.807) is 11.3 Å². The Bertz CT molecular complexity index is 442. The molecule has 0 aliphatic carbocycles. The molecule has 1 unspecified atom stereocenters. The molecule has 4 heteroatoms. The van der Waals surface area contributed by atoms with Crippen molar-refractivity contribution in [2.45, 2.75) is 18.9 Å². The third-order valence-electron chi connectivity index (χ3n) is 2.39. The fraction of sp³-hybridized carbons (Fsp3) is 0.250. The molecule has 84 valence electrons. The van der Waals surface area contributed by atoms with Gasteiger partial charge in [0.25, 0.3) is 0 Å². The summed E-state index contributed by atoms with van der Waals surface area (Å²) in [6.45, 7) is 0. The number of halogens is 1. The van der Waals surface area contributed by atoms with Crippen molar-refractivity contribution in [2.75, 3.05) is 0 Å². The van der Waals surface area contributed by atoms with E-state index in [1.807, 2.05) is 35.2 Å². The summed E-state index contributed by atoms with van der Waals surface area (Å²) in [5.41, 5.74) is 10.1. The van der Waals surface area contributed by atoms with Gasteiger partial charge in [-0.05, 0) is 18.1 Å². The quantitative estimate of drug-likeness (QED) is 0.909. The van der Waals surface area contributed by atoms with Crippen molar-refractivity contribution >= 4 is 22.9 Å². The van der Waals surface area contributed by atoms with Crippen LogP contribution in [0, 0.1) is 0 Å². The van der Waals surface area contributed by atoms with E-state index < -0.39 is 0 Å². The molecule has 2 nitrogen and oxygen atoms in total. The SMILES string of the molecule is NC(Cc1cscn1)Cc1ccccc1Cl. The van der Waals surface area contributed by atoms with Crippen molar-refractivity contribution < 1.29 is 0 Å². The highest BCUT2D eigenvalue weighted by atomic mass is 35.5. The van der Waals surface area contributed by atoms with Crippen LogP contribution in [0.5, 0.6) is 0 Å². The fourth-order valence-corrected chi connectivity index (χ4v) is 2.41. The smallest absolute Gasteiger partial charge is 0.0794 e. The largest absolute Gasteiger partial charge is 0.327 e. The van der Waals surface area contributed by atoms with Gasteiger partial charge in [0.2, 0.25) is 0 Å². The lowest BCUT2D eigenvalue weighted by atomic mass is 10.0. The molecule has 0 spiro atoms. The van der Waals surface area contributed by atoms with Gasteiger partial charge in [-0.2, -0.15) is 0 Å². The monoisotopic (exact) mass is 252 g/mol. The predicted molar refractivity (Wildman–Crippen MR) is 68.9 cm³/mol. The van der Waals surface area contributed by atoms with Crippen LogP contribution in [-0.2, 0) is 12.8 Å². The van der Waals surface area contributed by atoms with Gasteiger partial charge in [-0.15, -0.1) is 11.3 Å². The zero-order valence-corrected chi connectivity index (χ0v) is 10.3. The molecule has 0 amide bonds. The third-order valence-corrected chi connectivity index (χ3v) is 3.40. The van der Waals surface area contributed by atoms with E-state index in [4.69, 9.17) is 17.3 Å². The number of rotatable bonds is 4. The number of hydrogen-bond acceptors (Lipinski definition) is 3. The number of aromatic nitrogens is 1.